The molecule has 24 heavy (non-hydrogen) atoms. The summed E-state index contributed by atoms with van der Waals surface area (Å²) in [5, 5.41) is 9.27. The predicted molar refractivity (Wildman–Crippen MR) is 103 cm³/mol. The van der Waals surface area contributed by atoms with E-state index >= 15 is 0 Å². The van der Waals surface area contributed by atoms with Crippen LogP contribution in [0.25, 0.3) is 0 Å². The molecule has 1 aromatic heterocycles. The Labute approximate surface area is 158 Å². The highest BCUT2D eigenvalue weighted by Gasteiger charge is 2.07. The summed E-state index contributed by atoms with van der Waals surface area (Å²) in [6.07, 6.45) is 0. The van der Waals surface area contributed by atoms with Gasteiger partial charge in [-0.1, -0.05) is 70.7 Å². The molecule has 0 radical (unpaired) electrons. The molecule has 0 spiro atoms. The van der Waals surface area contributed by atoms with Gasteiger partial charge >= 0.3 is 0 Å². The second-order valence-electron chi connectivity index (χ2n) is 4.89. The van der Waals surface area contributed by atoms with Crippen LogP contribution in [-0.4, -0.2) is 17.3 Å². The fourth-order valence-corrected chi connectivity index (χ4v) is 4.99. The van der Waals surface area contributed by atoms with Crippen LogP contribution in [0, 0.1) is 0 Å². The van der Waals surface area contributed by atoms with E-state index in [1.165, 1.54) is 11.1 Å². The maximum atomic E-state index is 5.90. The molecule has 3 rings (SSSR count). The number of halogens is 1. The average molecular weight is 395 g/mol. The van der Waals surface area contributed by atoms with Crippen molar-refractivity contribution in [2.75, 3.05) is 7.11 Å². The first-order valence-electron chi connectivity index (χ1n) is 7.19. The van der Waals surface area contributed by atoms with Gasteiger partial charge in [-0.25, -0.2) is 0 Å². The van der Waals surface area contributed by atoms with Crippen molar-refractivity contribution in [1.29, 1.82) is 0 Å². The Morgan fingerprint density at radius 2 is 1.62 bits per heavy atom. The number of nitrogens with zero attached hydrogens (tertiary/aromatic N) is 2. The Kier molecular flexibility index (Phi) is 6.43. The molecule has 0 aliphatic rings. The predicted octanol–water partition coefficient (Wildman–Crippen LogP) is 5.78. The lowest BCUT2D eigenvalue weighted by Crippen LogP contribution is -1.85. The third-order valence-electron chi connectivity index (χ3n) is 3.16. The van der Waals surface area contributed by atoms with Crippen molar-refractivity contribution < 1.29 is 4.74 Å². The summed E-state index contributed by atoms with van der Waals surface area (Å²) < 4.78 is 7.21. The molecule has 0 atom stereocenters. The summed E-state index contributed by atoms with van der Waals surface area (Å²) in [5.74, 6) is 2.60. The first kappa shape index (κ1) is 17.6. The fourth-order valence-electron chi connectivity index (χ4n) is 1.95. The van der Waals surface area contributed by atoms with E-state index in [9.17, 15) is 0 Å². The molecule has 0 saturated carbocycles. The van der Waals surface area contributed by atoms with Crippen LogP contribution in [-0.2, 0) is 11.5 Å². The minimum Gasteiger partial charge on any atom is -0.497 e. The molecule has 0 amide bonds. The molecule has 3 aromatic rings. The number of hydrogen-bond donors (Lipinski definition) is 0. The maximum Gasteiger partial charge on any atom is 0.175 e. The molecular weight excluding hydrogens is 380 g/mol. The summed E-state index contributed by atoms with van der Waals surface area (Å²) >= 11 is 10.9. The van der Waals surface area contributed by atoms with Gasteiger partial charge in [0.2, 0.25) is 0 Å². The van der Waals surface area contributed by atoms with E-state index in [1.54, 1.807) is 42.0 Å². The molecule has 0 aliphatic heterocycles. The highest BCUT2D eigenvalue weighted by atomic mass is 35.5. The third kappa shape index (κ3) is 5.14. The monoisotopic (exact) mass is 394 g/mol. The molecule has 0 saturated heterocycles. The van der Waals surface area contributed by atoms with Gasteiger partial charge in [0.15, 0.2) is 8.68 Å². The highest BCUT2D eigenvalue weighted by Crippen LogP contribution is 2.32. The zero-order chi connectivity index (χ0) is 16.8. The van der Waals surface area contributed by atoms with E-state index in [2.05, 4.69) is 16.3 Å². The first-order chi connectivity index (χ1) is 11.7. The number of benzene rings is 2. The molecule has 7 heteroatoms. The van der Waals surface area contributed by atoms with E-state index in [-0.39, 0.29) is 0 Å². The lowest BCUT2D eigenvalue weighted by atomic mass is 10.2. The van der Waals surface area contributed by atoms with Crippen molar-refractivity contribution in [2.45, 2.75) is 20.2 Å². The SMILES string of the molecule is COc1cccc(CSc2nnc(SCc3ccc(Cl)cc3)s2)c1. The molecule has 0 fully saturated rings. The topological polar surface area (TPSA) is 35.0 Å². The molecule has 124 valence electrons. The number of rotatable bonds is 7. The Hall–Kier alpha value is -1.21. The number of thioether (sulfide) groups is 2. The van der Waals surface area contributed by atoms with Gasteiger partial charge in [0.25, 0.3) is 0 Å². The second kappa shape index (κ2) is 8.76. The lowest BCUT2D eigenvalue weighted by Gasteiger charge is -2.02. The minimum atomic E-state index is 0.760. The van der Waals surface area contributed by atoms with Crippen LogP contribution >= 0.6 is 46.5 Å². The molecule has 0 bridgehead atoms. The lowest BCUT2D eigenvalue weighted by molar-refractivity contribution is 0.414. The van der Waals surface area contributed by atoms with Gasteiger partial charge in [-0.3, -0.25) is 0 Å². The molecular formula is C17H15ClN2OS3. The van der Waals surface area contributed by atoms with Gasteiger partial charge in [0.05, 0.1) is 7.11 Å². The van der Waals surface area contributed by atoms with Crippen LogP contribution in [0.15, 0.2) is 57.2 Å². The Morgan fingerprint density at radius 3 is 2.29 bits per heavy atom. The van der Waals surface area contributed by atoms with Crippen LogP contribution in [0.1, 0.15) is 11.1 Å². The second-order valence-corrected chi connectivity index (χ2v) is 8.75. The Balaban J connectivity index is 1.52. The smallest absolute Gasteiger partial charge is 0.175 e. The number of ether oxygens (including phenoxy) is 1. The van der Waals surface area contributed by atoms with Crippen LogP contribution in [0.5, 0.6) is 5.75 Å². The van der Waals surface area contributed by atoms with Crippen molar-refractivity contribution in [2.24, 2.45) is 0 Å². The first-order valence-corrected chi connectivity index (χ1v) is 10.4. The van der Waals surface area contributed by atoms with Crippen LogP contribution in [0.4, 0.5) is 0 Å². The van der Waals surface area contributed by atoms with Gasteiger partial charge < -0.3 is 4.74 Å². The van der Waals surface area contributed by atoms with Crippen LogP contribution < -0.4 is 4.74 Å². The van der Waals surface area contributed by atoms with E-state index in [4.69, 9.17) is 16.3 Å². The summed E-state index contributed by atoms with van der Waals surface area (Å²) in [7, 11) is 1.68. The normalized spacial score (nSPS) is 10.8. The van der Waals surface area contributed by atoms with Crippen LogP contribution in [0.2, 0.25) is 5.02 Å². The largest absolute Gasteiger partial charge is 0.497 e. The minimum absolute atomic E-state index is 0.760. The van der Waals surface area contributed by atoms with Gasteiger partial charge in [-0.2, -0.15) is 0 Å². The van der Waals surface area contributed by atoms with Gasteiger partial charge in [0, 0.05) is 16.5 Å². The van der Waals surface area contributed by atoms with E-state index in [1.807, 2.05) is 42.5 Å². The molecule has 2 aromatic carbocycles. The van der Waals surface area contributed by atoms with Crippen LogP contribution in [0.3, 0.4) is 0 Å². The maximum absolute atomic E-state index is 5.90. The Morgan fingerprint density at radius 1 is 0.958 bits per heavy atom. The van der Waals surface area contributed by atoms with Crippen molar-refractivity contribution >= 4 is 46.5 Å². The van der Waals surface area contributed by atoms with E-state index < -0.39 is 0 Å². The Bertz CT molecular complexity index is 793. The zero-order valence-corrected chi connectivity index (χ0v) is 16.1. The highest BCUT2D eigenvalue weighted by molar-refractivity contribution is 8.02. The van der Waals surface area contributed by atoms with E-state index in [0.717, 1.165) is 31.0 Å². The molecule has 0 N–H and O–H groups in total. The summed E-state index contributed by atoms with van der Waals surface area (Å²) in [6.45, 7) is 0. The van der Waals surface area contributed by atoms with Crippen molar-refractivity contribution in [1.82, 2.24) is 10.2 Å². The fraction of sp³-hybridized carbons (Fsp3) is 0.176. The summed E-state index contributed by atoms with van der Waals surface area (Å²) in [4.78, 5) is 0. The zero-order valence-electron chi connectivity index (χ0n) is 12.9. The van der Waals surface area contributed by atoms with Crippen molar-refractivity contribution in [3.8, 4) is 5.75 Å². The van der Waals surface area contributed by atoms with Gasteiger partial charge in [0.1, 0.15) is 5.75 Å². The number of hydrogen-bond acceptors (Lipinski definition) is 6. The molecule has 0 unspecified atom stereocenters. The number of methoxy groups -OCH3 is 1. The van der Waals surface area contributed by atoms with Gasteiger partial charge in [-0.15, -0.1) is 10.2 Å². The quantitative estimate of drug-likeness (QED) is 0.474. The molecule has 0 aliphatic carbocycles. The van der Waals surface area contributed by atoms with Crippen molar-refractivity contribution in [3.05, 3.63) is 64.7 Å². The average Bonchev–Trinajstić information content (AvgIpc) is 3.08. The van der Waals surface area contributed by atoms with Gasteiger partial charge in [-0.05, 0) is 35.4 Å². The number of aromatic nitrogens is 2. The molecule has 3 nitrogen and oxygen atoms in total. The standard InChI is InChI=1S/C17H15ClN2OS3/c1-21-15-4-2-3-13(9-15)11-23-17-20-19-16(24-17)22-10-12-5-7-14(18)8-6-12/h2-9H,10-11H2,1H3. The van der Waals surface area contributed by atoms with Crippen molar-refractivity contribution in [3.63, 3.8) is 0 Å². The summed E-state index contributed by atoms with van der Waals surface area (Å²) in [5.41, 5.74) is 2.44. The third-order valence-corrected chi connectivity index (χ3v) is 6.74. The van der Waals surface area contributed by atoms with E-state index in [0.29, 0.717) is 0 Å². The summed E-state index contributed by atoms with van der Waals surface area (Å²) in [6, 6.07) is 16.0. The molecule has 1 heterocycles.